The van der Waals surface area contributed by atoms with Crippen molar-refractivity contribution < 1.29 is 41.0 Å². The number of alkyl halides is 3. The largest absolute Gasteiger partial charge is 0.494 e. The van der Waals surface area contributed by atoms with Gasteiger partial charge in [-0.15, -0.1) is 0 Å². The number of halogens is 5. The molecule has 0 aliphatic carbocycles. The number of nitrogens with one attached hydrogen (secondary N) is 2. The number of ether oxygens (including phenoxy) is 2. The highest BCUT2D eigenvalue weighted by Crippen LogP contribution is 2.45. The van der Waals surface area contributed by atoms with Crippen LogP contribution in [0.25, 0.3) is 0 Å². The molecule has 3 aromatic rings. The molecule has 1 aliphatic rings. The maximum atomic E-state index is 13.8. The molecule has 3 N–H and O–H groups in total. The smallest absolute Gasteiger partial charge is 0.402 e. The quantitative estimate of drug-likeness (QED) is 0.171. The van der Waals surface area contributed by atoms with E-state index in [1.807, 2.05) is 10.9 Å². The molecule has 15 heteroatoms. The SMILES string of the molecule is O=C(NNCC(F)(F)F)[C@@]1(CCS(=O)(=O)c2ccccc2)N=C(c2ccc(OCCCO)cc2)O[C@H]1c1ccc(Cl)cc1Cl. The third kappa shape index (κ3) is 8.21. The van der Waals surface area contributed by atoms with Gasteiger partial charge in [0.15, 0.2) is 21.5 Å². The van der Waals surface area contributed by atoms with Crippen molar-refractivity contribution in [3.05, 3.63) is 94.0 Å². The Kier molecular flexibility index (Phi) is 10.8. The maximum absolute atomic E-state index is 13.8. The summed E-state index contributed by atoms with van der Waals surface area (Å²) in [6.07, 6.45) is -6.08. The molecule has 0 spiro atoms. The number of hydrazine groups is 1. The van der Waals surface area contributed by atoms with Gasteiger partial charge in [-0.25, -0.2) is 18.8 Å². The van der Waals surface area contributed by atoms with Crippen molar-refractivity contribution in [1.29, 1.82) is 0 Å². The molecule has 0 unspecified atom stereocenters. The van der Waals surface area contributed by atoms with Gasteiger partial charge in [0.05, 0.1) is 17.3 Å². The zero-order valence-corrected chi connectivity index (χ0v) is 25.3. The Bertz CT molecular complexity index is 1590. The summed E-state index contributed by atoms with van der Waals surface area (Å²) >= 11 is 12.6. The van der Waals surface area contributed by atoms with Gasteiger partial charge in [0, 0.05) is 40.6 Å². The van der Waals surface area contributed by atoms with Crippen LogP contribution in [0.2, 0.25) is 10.0 Å². The summed E-state index contributed by atoms with van der Waals surface area (Å²) in [4.78, 5) is 18.4. The second kappa shape index (κ2) is 14.2. The van der Waals surface area contributed by atoms with Crippen LogP contribution >= 0.6 is 23.2 Å². The van der Waals surface area contributed by atoms with Crippen LogP contribution in [0.1, 0.15) is 30.1 Å². The van der Waals surface area contributed by atoms with Crippen molar-refractivity contribution in [2.45, 2.75) is 35.6 Å². The van der Waals surface area contributed by atoms with Crippen molar-refractivity contribution in [3.63, 3.8) is 0 Å². The number of aliphatic hydroxyl groups is 1. The fraction of sp³-hybridized carbons (Fsp3) is 0.310. The Balaban J connectivity index is 1.78. The van der Waals surface area contributed by atoms with Crippen molar-refractivity contribution in [3.8, 4) is 5.75 Å². The highest BCUT2D eigenvalue weighted by atomic mass is 35.5. The molecule has 1 aliphatic heterocycles. The lowest BCUT2D eigenvalue weighted by Gasteiger charge is -2.31. The summed E-state index contributed by atoms with van der Waals surface area (Å²) in [6.45, 7) is -1.33. The van der Waals surface area contributed by atoms with Gasteiger partial charge in [-0.05, 0) is 48.5 Å². The minimum absolute atomic E-state index is 0.00765. The summed E-state index contributed by atoms with van der Waals surface area (Å²) in [5.74, 6) is -1.28. The van der Waals surface area contributed by atoms with Gasteiger partial charge in [-0.1, -0.05) is 47.5 Å². The van der Waals surface area contributed by atoms with E-state index < -0.39 is 52.3 Å². The third-order valence-electron chi connectivity index (χ3n) is 6.62. The molecule has 44 heavy (non-hydrogen) atoms. The first-order chi connectivity index (χ1) is 20.8. The molecule has 0 aromatic heterocycles. The molecule has 0 radical (unpaired) electrons. The van der Waals surface area contributed by atoms with Crippen LogP contribution in [0, 0.1) is 0 Å². The Labute approximate surface area is 261 Å². The number of carbonyl (C=O) groups is 1. The number of hydrogen-bond donors (Lipinski definition) is 3. The maximum Gasteiger partial charge on any atom is 0.402 e. The number of rotatable bonds is 13. The molecule has 0 bridgehead atoms. The summed E-state index contributed by atoms with van der Waals surface area (Å²) in [5.41, 5.74) is 2.38. The van der Waals surface area contributed by atoms with Crippen molar-refractivity contribution in [2.24, 2.45) is 4.99 Å². The normalized spacial score (nSPS) is 18.4. The molecule has 0 fully saturated rings. The minimum Gasteiger partial charge on any atom is -0.494 e. The van der Waals surface area contributed by atoms with Crippen LogP contribution in [-0.2, 0) is 19.4 Å². The van der Waals surface area contributed by atoms with E-state index in [9.17, 15) is 26.4 Å². The van der Waals surface area contributed by atoms with E-state index in [2.05, 4.69) is 4.99 Å². The van der Waals surface area contributed by atoms with E-state index in [4.69, 9.17) is 37.8 Å². The van der Waals surface area contributed by atoms with Crippen molar-refractivity contribution in [1.82, 2.24) is 10.9 Å². The molecule has 4 rings (SSSR count). The van der Waals surface area contributed by atoms with Gasteiger partial charge in [0.25, 0.3) is 5.91 Å². The van der Waals surface area contributed by atoms with Crippen LogP contribution in [0.15, 0.2) is 82.7 Å². The Morgan fingerprint density at radius 2 is 1.77 bits per heavy atom. The van der Waals surface area contributed by atoms with Crippen LogP contribution in [0.3, 0.4) is 0 Å². The Morgan fingerprint density at radius 3 is 2.41 bits per heavy atom. The second-order valence-electron chi connectivity index (χ2n) is 9.76. The Hall–Kier alpha value is -3.36. The van der Waals surface area contributed by atoms with E-state index in [0.717, 1.165) is 0 Å². The van der Waals surface area contributed by atoms with Gasteiger partial charge in [0.1, 0.15) is 12.3 Å². The first-order valence-corrected chi connectivity index (χ1v) is 15.7. The zero-order chi connectivity index (χ0) is 32.0. The number of aliphatic imine (C=N–C) groups is 1. The lowest BCUT2D eigenvalue weighted by Crippen LogP contribution is -2.54. The van der Waals surface area contributed by atoms with E-state index in [-0.39, 0.29) is 39.6 Å². The molecule has 236 valence electrons. The fourth-order valence-electron chi connectivity index (χ4n) is 4.43. The summed E-state index contributed by atoms with van der Waals surface area (Å²) in [7, 11) is -3.98. The van der Waals surface area contributed by atoms with Crippen molar-refractivity contribution in [2.75, 3.05) is 25.5 Å². The molecular weight excluding hydrogens is 646 g/mol. The number of benzene rings is 3. The lowest BCUT2D eigenvalue weighted by molar-refractivity contribution is -0.136. The topological polar surface area (TPSA) is 126 Å². The number of nitrogens with zero attached hydrogens (tertiary/aromatic N) is 1. The van der Waals surface area contributed by atoms with Gasteiger partial charge in [-0.2, -0.15) is 13.2 Å². The molecule has 3 aromatic carbocycles. The molecule has 2 atom stereocenters. The van der Waals surface area contributed by atoms with Gasteiger partial charge in [0.2, 0.25) is 5.90 Å². The van der Waals surface area contributed by atoms with E-state index in [1.54, 1.807) is 42.5 Å². The van der Waals surface area contributed by atoms with Gasteiger partial charge >= 0.3 is 6.18 Å². The predicted molar refractivity (Wildman–Crippen MR) is 159 cm³/mol. The lowest BCUT2D eigenvalue weighted by atomic mass is 9.85. The third-order valence-corrected chi connectivity index (χ3v) is 8.91. The first kappa shape index (κ1) is 33.5. The number of sulfone groups is 1. The molecule has 1 heterocycles. The average molecular weight is 675 g/mol. The average Bonchev–Trinajstić information content (AvgIpc) is 3.37. The Morgan fingerprint density at radius 1 is 1.07 bits per heavy atom. The number of hydrogen-bond acceptors (Lipinski definition) is 8. The molecular formula is C29H28Cl2F3N3O6S. The first-order valence-electron chi connectivity index (χ1n) is 13.3. The second-order valence-corrected chi connectivity index (χ2v) is 12.7. The molecule has 1 amide bonds. The summed E-state index contributed by atoms with van der Waals surface area (Å²) in [5, 5.41) is 9.31. The van der Waals surface area contributed by atoms with Crippen LogP contribution < -0.4 is 15.6 Å². The van der Waals surface area contributed by atoms with Gasteiger partial charge in [-0.3, -0.25) is 10.2 Å². The number of carbonyl (C=O) groups excluding carboxylic acids is 1. The van der Waals surface area contributed by atoms with Crippen LogP contribution in [0.5, 0.6) is 5.75 Å². The molecule has 0 saturated carbocycles. The monoisotopic (exact) mass is 673 g/mol. The van der Waals surface area contributed by atoms with Crippen molar-refractivity contribution >= 4 is 44.8 Å². The molecule has 0 saturated heterocycles. The highest BCUT2D eigenvalue weighted by Gasteiger charge is 2.54. The van der Waals surface area contributed by atoms with E-state index in [0.29, 0.717) is 17.7 Å². The molecule has 9 nitrogen and oxygen atoms in total. The number of aliphatic hydroxyl groups excluding tert-OH is 1. The fourth-order valence-corrected chi connectivity index (χ4v) is 6.33. The van der Waals surface area contributed by atoms with Crippen LogP contribution in [0.4, 0.5) is 13.2 Å². The minimum atomic E-state index is -4.66. The number of amides is 1. The van der Waals surface area contributed by atoms with E-state index in [1.165, 1.54) is 30.3 Å². The van der Waals surface area contributed by atoms with Crippen LogP contribution in [-0.4, -0.2) is 62.6 Å². The summed E-state index contributed by atoms with van der Waals surface area (Å²) in [6, 6.07) is 18.2. The predicted octanol–water partition coefficient (Wildman–Crippen LogP) is 5.06. The zero-order valence-electron chi connectivity index (χ0n) is 23.0. The standard InChI is InChI=1S/C29H28Cl2F3N3O6S/c30-20-9-12-23(24(31)17-20)25-28(27(39)37-35-18-29(32,33)34,13-16-44(40,41)22-5-2-1-3-6-22)36-26(43-25)19-7-10-21(11-8-19)42-15-4-14-38/h1-3,5-12,17,25,35,38H,4,13-16,18H2,(H,37,39)/t25-,28-/m0/s1. The van der Waals surface area contributed by atoms with Gasteiger partial charge < -0.3 is 14.6 Å². The highest BCUT2D eigenvalue weighted by molar-refractivity contribution is 7.91. The summed E-state index contributed by atoms with van der Waals surface area (Å²) < 4.78 is 77.1. The van der Waals surface area contributed by atoms with E-state index >= 15 is 0 Å².